The molecule has 1 atom stereocenters. The zero-order chi connectivity index (χ0) is 18.6. The zero-order valence-electron chi connectivity index (χ0n) is 14.7. The van der Waals surface area contributed by atoms with Crippen molar-refractivity contribution in [2.24, 2.45) is 5.73 Å². The normalized spacial score (nSPS) is 16.4. The number of nitrogens with zero attached hydrogens (tertiary/aromatic N) is 1. The first-order valence-electron chi connectivity index (χ1n) is 8.66. The first-order chi connectivity index (χ1) is 12.6. The van der Waals surface area contributed by atoms with Gasteiger partial charge in [0.15, 0.2) is 0 Å². The molecular formula is C19H23N3O3S. The van der Waals surface area contributed by atoms with E-state index in [1.165, 1.54) is 18.4 Å². The zero-order valence-corrected chi connectivity index (χ0v) is 15.6. The minimum absolute atomic E-state index is 0.0390. The molecule has 0 aromatic carbocycles. The smallest absolute Gasteiger partial charge is 0.328 e. The lowest BCUT2D eigenvalue weighted by Crippen LogP contribution is -2.43. The molecule has 3 rings (SSSR count). The van der Waals surface area contributed by atoms with E-state index in [4.69, 9.17) is 10.5 Å². The molecule has 1 aliphatic carbocycles. The Morgan fingerprint density at radius 2 is 2.19 bits per heavy atom. The molecule has 2 aromatic rings. The maximum absolute atomic E-state index is 12.5. The maximum Gasteiger partial charge on any atom is 0.328 e. The molecule has 0 aliphatic heterocycles. The van der Waals surface area contributed by atoms with E-state index in [1.54, 1.807) is 12.3 Å². The molecule has 2 aromatic heterocycles. The molecule has 1 aliphatic rings. The Kier molecular flexibility index (Phi) is 5.68. The number of thiophene rings is 1. The predicted molar refractivity (Wildman–Crippen MR) is 100 cm³/mol. The van der Waals surface area contributed by atoms with Crippen LogP contribution in [0.25, 0.3) is 0 Å². The van der Waals surface area contributed by atoms with Crippen LogP contribution in [0.4, 0.5) is 0 Å². The number of amides is 1. The van der Waals surface area contributed by atoms with Crippen molar-refractivity contribution < 1.29 is 14.3 Å². The van der Waals surface area contributed by atoms with E-state index in [0.717, 1.165) is 29.8 Å². The van der Waals surface area contributed by atoms with Gasteiger partial charge in [0.05, 0.1) is 12.7 Å². The topological polar surface area (TPSA) is 94.3 Å². The molecule has 1 fully saturated rings. The Bertz CT molecular complexity index is 749. The summed E-state index contributed by atoms with van der Waals surface area (Å²) in [5, 5.41) is 4.68. The minimum atomic E-state index is -0.729. The molecule has 2 heterocycles. The number of rotatable bonds is 7. The van der Waals surface area contributed by atoms with E-state index >= 15 is 0 Å². The fourth-order valence-corrected chi connectivity index (χ4v) is 3.97. The summed E-state index contributed by atoms with van der Waals surface area (Å²) in [7, 11) is 1.32. The summed E-state index contributed by atoms with van der Waals surface area (Å²) in [6.45, 7) is 0.566. The molecule has 6 nitrogen and oxygen atoms in total. The number of nitrogens with two attached hydrogens (primary N) is 1. The lowest BCUT2D eigenvalue weighted by molar-refractivity contribution is -0.142. The van der Waals surface area contributed by atoms with Crippen molar-refractivity contribution in [1.29, 1.82) is 0 Å². The summed E-state index contributed by atoms with van der Waals surface area (Å²) in [6.07, 6.45) is 5.18. The first kappa shape index (κ1) is 18.5. The summed E-state index contributed by atoms with van der Waals surface area (Å²) in [5.74, 6) is -0.806. The van der Waals surface area contributed by atoms with Crippen molar-refractivity contribution in [3.05, 3.63) is 52.0 Å². The number of carbonyl (C=O) groups is 2. The lowest BCUT2D eigenvalue weighted by Gasteiger charge is -2.40. The van der Waals surface area contributed by atoms with Crippen molar-refractivity contribution in [2.75, 3.05) is 13.7 Å². The summed E-state index contributed by atoms with van der Waals surface area (Å²) >= 11 is 1.53. The van der Waals surface area contributed by atoms with E-state index in [9.17, 15) is 9.59 Å². The second-order valence-electron chi connectivity index (χ2n) is 6.60. The van der Waals surface area contributed by atoms with Gasteiger partial charge in [0.25, 0.3) is 5.91 Å². The van der Waals surface area contributed by atoms with Gasteiger partial charge in [-0.25, -0.2) is 4.79 Å². The van der Waals surface area contributed by atoms with Gasteiger partial charge >= 0.3 is 5.97 Å². The summed E-state index contributed by atoms with van der Waals surface area (Å²) in [4.78, 5) is 30.0. The number of methoxy groups -OCH3 is 1. The van der Waals surface area contributed by atoms with Crippen LogP contribution in [0.3, 0.4) is 0 Å². The molecule has 0 saturated heterocycles. The standard InChI is InChI=1S/C19H23N3O3S/c1-25-18(24)15(10-14-4-2-9-26-14)22-17(23)13-5-6-16(21-11-13)19(12-20)7-3-8-19/h2,4-6,9,11,15H,3,7-8,10,12,20H2,1H3,(H,22,23). The molecule has 26 heavy (non-hydrogen) atoms. The van der Waals surface area contributed by atoms with E-state index in [-0.39, 0.29) is 11.3 Å². The van der Waals surface area contributed by atoms with Gasteiger partial charge < -0.3 is 15.8 Å². The van der Waals surface area contributed by atoms with E-state index < -0.39 is 12.0 Å². The molecule has 1 saturated carbocycles. The average Bonchev–Trinajstić information content (AvgIpc) is 3.13. The molecule has 3 N–H and O–H groups in total. The lowest BCUT2D eigenvalue weighted by atomic mass is 9.66. The third kappa shape index (κ3) is 3.78. The number of hydrogen-bond acceptors (Lipinski definition) is 6. The predicted octanol–water partition coefficient (Wildman–Crippen LogP) is 2.04. The van der Waals surface area contributed by atoms with Crippen LogP contribution in [0.2, 0.25) is 0 Å². The minimum Gasteiger partial charge on any atom is -0.467 e. The first-order valence-corrected chi connectivity index (χ1v) is 9.53. The Hall–Kier alpha value is -2.25. The van der Waals surface area contributed by atoms with Gasteiger partial charge in [0, 0.05) is 35.1 Å². The van der Waals surface area contributed by atoms with Gasteiger partial charge in [-0.3, -0.25) is 9.78 Å². The van der Waals surface area contributed by atoms with Gasteiger partial charge in [-0.1, -0.05) is 12.5 Å². The van der Waals surface area contributed by atoms with Crippen molar-refractivity contribution in [1.82, 2.24) is 10.3 Å². The highest BCUT2D eigenvalue weighted by Gasteiger charge is 2.38. The number of esters is 1. The molecule has 0 radical (unpaired) electrons. The molecule has 0 spiro atoms. The van der Waals surface area contributed by atoms with Gasteiger partial charge in [0.2, 0.25) is 0 Å². The third-order valence-electron chi connectivity index (χ3n) is 5.05. The monoisotopic (exact) mass is 373 g/mol. The van der Waals surface area contributed by atoms with Crippen LogP contribution >= 0.6 is 11.3 Å². The second-order valence-corrected chi connectivity index (χ2v) is 7.64. The van der Waals surface area contributed by atoms with Crippen LogP contribution in [0.5, 0.6) is 0 Å². The average molecular weight is 373 g/mol. The van der Waals surface area contributed by atoms with Crippen molar-refractivity contribution in [2.45, 2.75) is 37.1 Å². The maximum atomic E-state index is 12.5. The van der Waals surface area contributed by atoms with Crippen LogP contribution in [-0.4, -0.2) is 36.6 Å². The third-order valence-corrected chi connectivity index (χ3v) is 5.95. The van der Waals surface area contributed by atoms with Crippen molar-refractivity contribution in [3.8, 4) is 0 Å². The quantitative estimate of drug-likeness (QED) is 0.724. The fourth-order valence-electron chi connectivity index (χ4n) is 3.22. The molecule has 1 amide bonds. The highest BCUT2D eigenvalue weighted by atomic mass is 32.1. The summed E-state index contributed by atoms with van der Waals surface area (Å²) in [5.41, 5.74) is 7.22. The Labute approximate surface area is 156 Å². The van der Waals surface area contributed by atoms with E-state index in [2.05, 4.69) is 10.3 Å². The number of carbonyl (C=O) groups excluding carboxylic acids is 2. The van der Waals surface area contributed by atoms with Crippen molar-refractivity contribution >= 4 is 23.2 Å². The summed E-state index contributed by atoms with van der Waals surface area (Å²) in [6, 6.07) is 6.72. The number of pyridine rings is 1. The van der Waals surface area contributed by atoms with Gasteiger partial charge in [-0.2, -0.15) is 0 Å². The Balaban J connectivity index is 1.70. The Morgan fingerprint density at radius 3 is 2.69 bits per heavy atom. The van der Waals surface area contributed by atoms with Crippen LogP contribution in [0, 0.1) is 0 Å². The van der Waals surface area contributed by atoms with E-state index in [0.29, 0.717) is 18.5 Å². The fraction of sp³-hybridized carbons (Fsp3) is 0.421. The molecule has 1 unspecified atom stereocenters. The SMILES string of the molecule is COC(=O)C(Cc1cccs1)NC(=O)c1ccc(C2(CN)CCC2)nc1. The highest BCUT2D eigenvalue weighted by molar-refractivity contribution is 7.09. The van der Waals surface area contributed by atoms with Gasteiger partial charge in [-0.15, -0.1) is 11.3 Å². The summed E-state index contributed by atoms with van der Waals surface area (Å²) < 4.78 is 4.82. The van der Waals surface area contributed by atoms with E-state index in [1.807, 2.05) is 23.6 Å². The number of aromatic nitrogens is 1. The van der Waals surface area contributed by atoms with Crippen LogP contribution < -0.4 is 11.1 Å². The van der Waals surface area contributed by atoms with Crippen LogP contribution in [0.15, 0.2) is 35.8 Å². The molecule has 7 heteroatoms. The number of hydrogen-bond donors (Lipinski definition) is 2. The molecule has 138 valence electrons. The largest absolute Gasteiger partial charge is 0.467 e. The van der Waals surface area contributed by atoms with Gasteiger partial charge in [-0.05, 0) is 36.4 Å². The second kappa shape index (κ2) is 7.97. The van der Waals surface area contributed by atoms with Gasteiger partial charge in [0.1, 0.15) is 6.04 Å². The highest BCUT2D eigenvalue weighted by Crippen LogP contribution is 2.41. The number of nitrogens with one attached hydrogen (secondary N) is 1. The van der Waals surface area contributed by atoms with Crippen LogP contribution in [-0.2, 0) is 21.4 Å². The number of ether oxygens (including phenoxy) is 1. The van der Waals surface area contributed by atoms with Crippen molar-refractivity contribution in [3.63, 3.8) is 0 Å². The van der Waals surface area contributed by atoms with Crippen LogP contribution in [0.1, 0.15) is 40.2 Å². The molecule has 0 bridgehead atoms. The Morgan fingerprint density at radius 1 is 1.38 bits per heavy atom. The molecular weight excluding hydrogens is 350 g/mol.